The van der Waals surface area contributed by atoms with Gasteiger partial charge < -0.3 is 34.6 Å². The molecule has 0 saturated carbocycles. The van der Waals surface area contributed by atoms with Gasteiger partial charge in [-0.3, -0.25) is 0 Å². The average Bonchev–Trinajstić information content (AvgIpc) is 3.36. The van der Waals surface area contributed by atoms with Gasteiger partial charge in [0.2, 0.25) is 10.0 Å². The van der Waals surface area contributed by atoms with E-state index in [1.807, 2.05) is 0 Å². The number of nitrogens with zero attached hydrogens (tertiary/aromatic N) is 1. The van der Waals surface area contributed by atoms with Gasteiger partial charge in [0, 0.05) is 36.7 Å². The van der Waals surface area contributed by atoms with Crippen LogP contribution in [0.15, 0.2) is 77.7 Å². The third kappa shape index (κ3) is 11.0. The van der Waals surface area contributed by atoms with Gasteiger partial charge in [0.15, 0.2) is 0 Å². The van der Waals surface area contributed by atoms with Crippen molar-refractivity contribution in [3.05, 3.63) is 101 Å². The summed E-state index contributed by atoms with van der Waals surface area (Å²) in [7, 11) is -4.38. The van der Waals surface area contributed by atoms with Crippen LogP contribution in [0, 0.1) is 11.6 Å². The van der Waals surface area contributed by atoms with Gasteiger partial charge in [-0.1, -0.05) is 50.2 Å². The van der Waals surface area contributed by atoms with E-state index in [0.717, 1.165) is 0 Å². The molecule has 3 N–H and O–H groups in total. The predicted octanol–water partition coefficient (Wildman–Crippen LogP) is -3.28. The molecule has 0 bridgehead atoms. The van der Waals surface area contributed by atoms with Crippen molar-refractivity contribution in [2.24, 2.45) is 0 Å². The van der Waals surface area contributed by atoms with Crippen LogP contribution < -0.4 is 74.0 Å². The fourth-order valence-electron chi connectivity index (χ4n) is 5.48. The molecule has 0 unspecified atom stereocenters. The van der Waals surface area contributed by atoms with Crippen LogP contribution in [0.3, 0.4) is 0 Å². The zero-order chi connectivity index (χ0) is 34.5. The van der Waals surface area contributed by atoms with Crippen LogP contribution in [0.1, 0.15) is 60.6 Å². The number of carboxylic acids is 2. The summed E-state index contributed by atoms with van der Waals surface area (Å²) in [6, 6.07) is 16.1. The zero-order valence-corrected chi connectivity index (χ0v) is 32.5. The van der Waals surface area contributed by atoms with Crippen LogP contribution in [0.25, 0.3) is 22.4 Å². The molecule has 0 radical (unpaired) electrons. The molecule has 4 aromatic rings. The first-order valence-corrected chi connectivity index (χ1v) is 16.3. The fourth-order valence-corrected chi connectivity index (χ4v) is 7.08. The summed E-state index contributed by atoms with van der Waals surface area (Å²) in [4.78, 5) is 21.9. The van der Waals surface area contributed by atoms with Crippen LogP contribution in [0.2, 0.25) is 0 Å². The van der Waals surface area contributed by atoms with Gasteiger partial charge in [-0.2, -0.15) is 0 Å². The largest absolute Gasteiger partial charge is 1.00 e. The molecule has 0 fully saturated rings. The van der Waals surface area contributed by atoms with Gasteiger partial charge in [0.25, 0.3) is 0 Å². The van der Waals surface area contributed by atoms with E-state index >= 15 is 0 Å². The molecule has 1 heterocycles. The molecule has 15 heteroatoms. The van der Waals surface area contributed by atoms with E-state index in [-0.39, 0.29) is 101 Å². The number of aliphatic carboxylic acids is 1. The van der Waals surface area contributed by atoms with Crippen molar-refractivity contribution in [1.29, 1.82) is 0 Å². The van der Waals surface area contributed by atoms with Gasteiger partial charge >= 0.3 is 59.1 Å². The van der Waals surface area contributed by atoms with Crippen LogP contribution in [0.4, 0.5) is 8.78 Å². The molecule has 3 aromatic carbocycles. The second-order valence-electron chi connectivity index (χ2n) is 11.5. The van der Waals surface area contributed by atoms with Crippen LogP contribution in [0.5, 0.6) is 0 Å². The Bertz CT molecular complexity index is 1830. The second kappa shape index (κ2) is 18.7. The number of carbonyl (C=O) groups excluding carboxylic acids is 2. The number of hydrogen-bond donors (Lipinski definition) is 3. The van der Waals surface area contributed by atoms with E-state index in [0.29, 0.717) is 28.1 Å². The third-order valence-electron chi connectivity index (χ3n) is 7.61. The standard InChI is InChI=1S/C34H36F2N2O8S.2Na/c1-20(2)31-33(47(45,46)37-19-21-3-5-24(6-4-21)34(43)44)30(22-7-11-25(35)12-8-22)32(23-9-13-26(36)14-10-23)38(31)16-15-27(39)17-28(40)18-29(41)42;;/h3-14,20,27-28,37,39-40H,15-19H2,1-2H3,(H,41,42)(H,43,44);;/q;2*+1/p-2/t27-,28-;;/m1../s1. The molecular formula is C34H34F2N2Na2O8S. The maximum atomic E-state index is 14.3. The maximum Gasteiger partial charge on any atom is 1.00 e. The molecule has 10 nitrogen and oxygen atoms in total. The minimum atomic E-state index is -4.38. The van der Waals surface area contributed by atoms with Gasteiger partial charge in [0.05, 0.1) is 23.9 Å². The minimum Gasteiger partial charge on any atom is -0.550 e. The number of sulfonamides is 1. The molecule has 2 atom stereocenters. The number of halogens is 2. The third-order valence-corrected chi connectivity index (χ3v) is 9.09. The summed E-state index contributed by atoms with van der Waals surface area (Å²) in [6.07, 6.45) is -3.50. The van der Waals surface area contributed by atoms with E-state index < -0.39 is 58.1 Å². The molecule has 0 aliphatic heterocycles. The number of nitrogens with one attached hydrogen (secondary N) is 1. The van der Waals surface area contributed by atoms with E-state index in [1.54, 1.807) is 18.4 Å². The molecule has 250 valence electrons. The van der Waals surface area contributed by atoms with Crippen molar-refractivity contribution in [3.8, 4) is 22.4 Å². The van der Waals surface area contributed by atoms with E-state index in [4.69, 9.17) is 0 Å². The Morgan fingerprint density at radius 2 is 1.37 bits per heavy atom. The Kier molecular flexibility index (Phi) is 16.3. The number of hydrogen-bond acceptors (Lipinski definition) is 8. The van der Waals surface area contributed by atoms with Gasteiger partial charge in [-0.05, 0) is 77.4 Å². The van der Waals surface area contributed by atoms with Crippen molar-refractivity contribution in [1.82, 2.24) is 9.29 Å². The average molecular weight is 715 g/mol. The summed E-state index contributed by atoms with van der Waals surface area (Å²) in [5, 5.41) is 42.8. The quantitative estimate of drug-likeness (QED) is 0.108. The molecule has 1 aromatic heterocycles. The summed E-state index contributed by atoms with van der Waals surface area (Å²) >= 11 is 0. The van der Waals surface area contributed by atoms with E-state index in [1.165, 1.54) is 72.8 Å². The molecule has 0 aliphatic carbocycles. The first kappa shape index (κ1) is 42.7. The predicted molar refractivity (Wildman–Crippen MR) is 165 cm³/mol. The maximum absolute atomic E-state index is 14.3. The van der Waals surface area contributed by atoms with Crippen molar-refractivity contribution >= 4 is 22.0 Å². The van der Waals surface area contributed by atoms with Crippen LogP contribution >= 0.6 is 0 Å². The van der Waals surface area contributed by atoms with Crippen molar-refractivity contribution in [2.75, 3.05) is 0 Å². The van der Waals surface area contributed by atoms with Crippen molar-refractivity contribution < 1.29 is 106 Å². The molecule has 4 rings (SSSR count). The first-order chi connectivity index (χ1) is 22.2. The van der Waals surface area contributed by atoms with Crippen molar-refractivity contribution in [2.45, 2.75) is 69.2 Å². The van der Waals surface area contributed by atoms with E-state index in [2.05, 4.69) is 4.72 Å². The number of benzene rings is 3. The number of carboxylic acid groups (broad SMARTS) is 2. The normalized spacial score (nSPS) is 12.6. The van der Waals surface area contributed by atoms with E-state index in [9.17, 15) is 47.2 Å². The number of aromatic carboxylic acids is 1. The summed E-state index contributed by atoms with van der Waals surface area (Å²) in [5.41, 5.74) is 2.03. The molecule has 0 aliphatic rings. The number of aliphatic hydroxyl groups is 2. The van der Waals surface area contributed by atoms with Crippen LogP contribution in [-0.2, 0) is 27.9 Å². The Balaban J connectivity index is 0.00000417. The second-order valence-corrected chi connectivity index (χ2v) is 13.2. The SMILES string of the molecule is CC(C)c1c(S(=O)(=O)NCc2ccc(C(=O)[O-])cc2)c(-c2ccc(F)cc2)c(-c2ccc(F)cc2)n1CC[C@@H](O)C[C@@H](O)CC(=O)[O-].[Na+].[Na+]. The Hall–Kier alpha value is -2.43. The summed E-state index contributed by atoms with van der Waals surface area (Å²) < 4.78 is 61.0. The molecular weight excluding hydrogens is 680 g/mol. The minimum absolute atomic E-state index is 0. The summed E-state index contributed by atoms with van der Waals surface area (Å²) in [6.45, 7) is 3.34. The van der Waals surface area contributed by atoms with Crippen molar-refractivity contribution in [3.63, 3.8) is 0 Å². The Morgan fingerprint density at radius 3 is 1.86 bits per heavy atom. The van der Waals surface area contributed by atoms with Gasteiger partial charge in [-0.15, -0.1) is 0 Å². The summed E-state index contributed by atoms with van der Waals surface area (Å²) in [5.74, 6) is -4.39. The Morgan fingerprint density at radius 1 is 0.837 bits per heavy atom. The molecule has 0 saturated heterocycles. The monoisotopic (exact) mass is 714 g/mol. The smallest absolute Gasteiger partial charge is 0.550 e. The molecule has 0 amide bonds. The number of rotatable bonds is 15. The topological polar surface area (TPSA) is 172 Å². The van der Waals surface area contributed by atoms with Gasteiger partial charge in [0.1, 0.15) is 16.5 Å². The Labute approximate surface area is 327 Å². The number of aliphatic hydroxyl groups excluding tert-OH is 2. The molecule has 49 heavy (non-hydrogen) atoms. The van der Waals surface area contributed by atoms with Crippen LogP contribution in [-0.4, -0.2) is 47.3 Å². The zero-order valence-electron chi connectivity index (χ0n) is 27.7. The first-order valence-electron chi connectivity index (χ1n) is 14.8. The number of carbonyl (C=O) groups is 2. The molecule has 0 spiro atoms. The van der Waals surface area contributed by atoms with Gasteiger partial charge in [-0.25, -0.2) is 21.9 Å². The number of aromatic nitrogens is 1. The fraction of sp³-hybridized carbons (Fsp3) is 0.294.